The van der Waals surface area contributed by atoms with Crippen LogP contribution < -0.4 is 0 Å². The first-order valence-corrected chi connectivity index (χ1v) is 5.61. The summed E-state index contributed by atoms with van der Waals surface area (Å²) in [5, 5.41) is 0. The lowest BCUT2D eigenvalue weighted by molar-refractivity contribution is 0.910. The SMILES string of the molecule is CSCCCC#CCC1[CH]C1. The molecule has 0 N–H and O–H groups in total. The molecule has 0 spiro atoms. The molecule has 1 radical (unpaired) electrons. The van der Waals surface area contributed by atoms with E-state index in [4.69, 9.17) is 0 Å². The number of rotatable bonds is 4. The second kappa shape index (κ2) is 5.55. The first-order chi connectivity index (χ1) is 5.43. The highest BCUT2D eigenvalue weighted by Gasteiger charge is 2.19. The van der Waals surface area contributed by atoms with Crippen LogP contribution in [0.25, 0.3) is 0 Å². The van der Waals surface area contributed by atoms with Crippen molar-refractivity contribution in [2.75, 3.05) is 12.0 Å². The molecule has 0 aromatic rings. The summed E-state index contributed by atoms with van der Waals surface area (Å²) >= 11 is 1.90. The van der Waals surface area contributed by atoms with Gasteiger partial charge in [-0.3, -0.25) is 0 Å². The fraction of sp³-hybridized carbons (Fsp3) is 0.700. The molecule has 1 atom stereocenters. The van der Waals surface area contributed by atoms with Gasteiger partial charge in [0.2, 0.25) is 0 Å². The minimum Gasteiger partial charge on any atom is -0.165 e. The molecule has 0 heterocycles. The maximum absolute atomic E-state index is 3.22. The molecule has 0 aromatic carbocycles. The van der Waals surface area contributed by atoms with Crippen LogP contribution in [-0.4, -0.2) is 12.0 Å². The summed E-state index contributed by atoms with van der Waals surface area (Å²) in [5.41, 5.74) is 0. The fourth-order valence-corrected chi connectivity index (χ4v) is 1.29. The van der Waals surface area contributed by atoms with Crippen molar-refractivity contribution in [3.8, 4) is 11.8 Å². The molecule has 0 nitrogen and oxygen atoms in total. The van der Waals surface area contributed by atoms with Gasteiger partial charge in [-0.15, -0.1) is 11.8 Å². The monoisotopic (exact) mass is 167 g/mol. The van der Waals surface area contributed by atoms with Gasteiger partial charge in [0, 0.05) is 12.8 Å². The minimum absolute atomic E-state index is 0.850. The molecule has 0 bridgehead atoms. The number of hydrogen-bond acceptors (Lipinski definition) is 1. The Morgan fingerprint density at radius 3 is 3.00 bits per heavy atom. The van der Waals surface area contributed by atoms with Crippen molar-refractivity contribution in [2.45, 2.75) is 25.7 Å². The van der Waals surface area contributed by atoms with E-state index < -0.39 is 0 Å². The third-order valence-electron chi connectivity index (χ3n) is 1.71. The van der Waals surface area contributed by atoms with Gasteiger partial charge in [-0.1, -0.05) is 0 Å². The van der Waals surface area contributed by atoms with Crippen molar-refractivity contribution in [1.82, 2.24) is 0 Å². The summed E-state index contributed by atoms with van der Waals surface area (Å²) in [7, 11) is 0. The molecule has 1 aliphatic rings. The van der Waals surface area contributed by atoms with E-state index in [0.29, 0.717) is 0 Å². The molecule has 1 aliphatic carbocycles. The van der Waals surface area contributed by atoms with Gasteiger partial charge in [0.1, 0.15) is 0 Å². The molecule has 1 rings (SSSR count). The molecular formula is C10H15S. The van der Waals surface area contributed by atoms with Crippen LogP contribution in [0.3, 0.4) is 0 Å². The van der Waals surface area contributed by atoms with Crippen LogP contribution in [0.2, 0.25) is 0 Å². The molecule has 0 aliphatic heterocycles. The van der Waals surface area contributed by atoms with E-state index in [-0.39, 0.29) is 0 Å². The highest BCUT2D eigenvalue weighted by molar-refractivity contribution is 7.98. The Hall–Kier alpha value is -0.0900. The first kappa shape index (κ1) is 9.00. The lowest BCUT2D eigenvalue weighted by atomic mass is 10.3. The average molecular weight is 167 g/mol. The summed E-state index contributed by atoms with van der Waals surface area (Å²) < 4.78 is 0. The Morgan fingerprint density at radius 1 is 1.55 bits per heavy atom. The van der Waals surface area contributed by atoms with Crippen molar-refractivity contribution in [2.24, 2.45) is 5.92 Å². The van der Waals surface area contributed by atoms with Gasteiger partial charge >= 0.3 is 0 Å². The molecule has 61 valence electrons. The Morgan fingerprint density at radius 2 is 2.36 bits per heavy atom. The van der Waals surface area contributed by atoms with E-state index in [0.717, 1.165) is 18.8 Å². The van der Waals surface area contributed by atoms with Gasteiger partial charge in [-0.25, -0.2) is 0 Å². The zero-order valence-corrected chi connectivity index (χ0v) is 7.91. The molecule has 0 saturated heterocycles. The highest BCUT2D eigenvalue weighted by Crippen LogP contribution is 2.30. The van der Waals surface area contributed by atoms with E-state index in [9.17, 15) is 0 Å². The second-order valence-corrected chi connectivity index (χ2v) is 3.87. The topological polar surface area (TPSA) is 0 Å². The van der Waals surface area contributed by atoms with Gasteiger partial charge in [0.25, 0.3) is 0 Å². The van der Waals surface area contributed by atoms with Gasteiger partial charge in [-0.05, 0) is 37.2 Å². The van der Waals surface area contributed by atoms with Crippen molar-refractivity contribution in [3.05, 3.63) is 6.42 Å². The third-order valence-corrected chi connectivity index (χ3v) is 2.41. The molecule has 11 heavy (non-hydrogen) atoms. The Kier molecular flexibility index (Phi) is 4.54. The second-order valence-electron chi connectivity index (χ2n) is 2.89. The van der Waals surface area contributed by atoms with Gasteiger partial charge < -0.3 is 0 Å². The molecule has 0 amide bonds. The molecule has 1 heteroatoms. The largest absolute Gasteiger partial charge is 0.165 e. The quantitative estimate of drug-likeness (QED) is 0.458. The van der Waals surface area contributed by atoms with E-state index in [1.165, 1.54) is 18.6 Å². The highest BCUT2D eigenvalue weighted by atomic mass is 32.2. The summed E-state index contributed by atoms with van der Waals surface area (Å²) in [6, 6.07) is 0. The summed E-state index contributed by atoms with van der Waals surface area (Å²) in [6.07, 6.45) is 9.23. The van der Waals surface area contributed by atoms with Crippen LogP contribution in [0.4, 0.5) is 0 Å². The lowest BCUT2D eigenvalue weighted by Crippen LogP contribution is -1.76. The predicted molar refractivity (Wildman–Crippen MR) is 52.4 cm³/mol. The number of unbranched alkanes of at least 4 members (excludes halogenated alkanes) is 1. The van der Waals surface area contributed by atoms with E-state index in [1.54, 1.807) is 0 Å². The van der Waals surface area contributed by atoms with Crippen molar-refractivity contribution < 1.29 is 0 Å². The van der Waals surface area contributed by atoms with Crippen molar-refractivity contribution >= 4 is 11.8 Å². The van der Waals surface area contributed by atoms with Gasteiger partial charge in [-0.2, -0.15) is 11.8 Å². The fourth-order valence-electron chi connectivity index (χ4n) is 0.859. The smallest absolute Gasteiger partial charge is 0.0120 e. The van der Waals surface area contributed by atoms with Crippen LogP contribution in [0.1, 0.15) is 25.7 Å². The van der Waals surface area contributed by atoms with Crippen LogP contribution in [0.5, 0.6) is 0 Å². The maximum Gasteiger partial charge on any atom is 0.0120 e. The van der Waals surface area contributed by atoms with E-state index in [2.05, 4.69) is 24.5 Å². The Bertz CT molecular complexity index is 148. The standard InChI is InChI=1S/C10H15S/c1-11-9-5-3-2-4-6-10-7-8-10/h7,10H,3,5-6,8-9H2,1H3. The van der Waals surface area contributed by atoms with Crippen LogP contribution in [-0.2, 0) is 0 Å². The predicted octanol–water partition coefficient (Wildman–Crippen LogP) is 2.75. The zero-order chi connectivity index (χ0) is 7.94. The molecule has 1 fully saturated rings. The maximum atomic E-state index is 3.22. The van der Waals surface area contributed by atoms with Crippen molar-refractivity contribution in [1.29, 1.82) is 0 Å². The van der Waals surface area contributed by atoms with Crippen LogP contribution in [0, 0.1) is 24.2 Å². The minimum atomic E-state index is 0.850. The van der Waals surface area contributed by atoms with Gasteiger partial charge in [0.15, 0.2) is 0 Å². The molecule has 1 saturated carbocycles. The van der Waals surface area contributed by atoms with E-state index >= 15 is 0 Å². The van der Waals surface area contributed by atoms with Crippen LogP contribution >= 0.6 is 11.8 Å². The summed E-state index contributed by atoms with van der Waals surface area (Å²) in [6.45, 7) is 0. The summed E-state index contributed by atoms with van der Waals surface area (Å²) in [4.78, 5) is 0. The first-order valence-electron chi connectivity index (χ1n) is 4.21. The van der Waals surface area contributed by atoms with Gasteiger partial charge in [0.05, 0.1) is 0 Å². The third kappa shape index (κ3) is 5.21. The Labute approximate surface area is 74.1 Å². The Balaban J connectivity index is 1.85. The summed E-state index contributed by atoms with van der Waals surface area (Å²) in [5.74, 6) is 8.53. The molecule has 1 unspecified atom stereocenters. The lowest BCUT2D eigenvalue weighted by Gasteiger charge is -1.88. The number of hydrogen-bond donors (Lipinski definition) is 0. The molecular weight excluding hydrogens is 152 g/mol. The van der Waals surface area contributed by atoms with E-state index in [1.807, 2.05) is 11.8 Å². The number of thioether (sulfide) groups is 1. The average Bonchev–Trinajstić information content (AvgIpc) is 2.80. The normalized spacial score (nSPS) is 15.7. The van der Waals surface area contributed by atoms with Crippen molar-refractivity contribution in [3.63, 3.8) is 0 Å². The van der Waals surface area contributed by atoms with Crippen LogP contribution in [0.15, 0.2) is 0 Å². The molecule has 0 aromatic heterocycles. The zero-order valence-electron chi connectivity index (χ0n) is 7.10.